The van der Waals surface area contributed by atoms with Gasteiger partial charge in [-0.2, -0.15) is 0 Å². The zero-order valence-corrected chi connectivity index (χ0v) is 16.4. The highest BCUT2D eigenvalue weighted by Gasteiger charge is 2.10. The van der Waals surface area contributed by atoms with Gasteiger partial charge in [0, 0.05) is 24.2 Å². The van der Waals surface area contributed by atoms with E-state index in [0.29, 0.717) is 18.4 Å². The summed E-state index contributed by atoms with van der Waals surface area (Å²) in [6.07, 6.45) is 2.23. The van der Waals surface area contributed by atoms with Gasteiger partial charge in [0.2, 0.25) is 5.95 Å². The Morgan fingerprint density at radius 1 is 1.00 bits per heavy atom. The first kappa shape index (κ1) is 19.4. The van der Waals surface area contributed by atoms with Crippen molar-refractivity contribution in [3.8, 4) is 0 Å². The van der Waals surface area contributed by atoms with Crippen LogP contribution in [0, 0.1) is 19.8 Å². The Balaban J connectivity index is 2.04. The lowest BCUT2D eigenvalue weighted by atomic mass is 10.0. The molecule has 0 aliphatic carbocycles. The molecule has 1 N–H and O–H groups in total. The van der Waals surface area contributed by atoms with Gasteiger partial charge in [-0.05, 0) is 42.9 Å². The first-order chi connectivity index (χ1) is 11.6. The van der Waals surface area contributed by atoms with Gasteiger partial charge in [0.15, 0.2) is 9.84 Å². The van der Waals surface area contributed by atoms with Crippen LogP contribution in [0.25, 0.3) is 0 Å². The summed E-state index contributed by atoms with van der Waals surface area (Å²) in [6, 6.07) is 7.56. The standard InChI is InChI=1S/C19H27N3O2S/c1-13(2)10-18-14(3)21-19(22-15(18)4)20-11-16-6-8-17(9-7-16)12-25(5,23)24/h6-9,13H,10-12H2,1-5H3,(H,20,21,22). The summed E-state index contributed by atoms with van der Waals surface area (Å²) in [5, 5.41) is 3.25. The van der Waals surface area contributed by atoms with Gasteiger partial charge in [-0.15, -0.1) is 0 Å². The van der Waals surface area contributed by atoms with E-state index in [9.17, 15) is 8.42 Å². The fourth-order valence-corrected chi connectivity index (χ4v) is 3.56. The second-order valence-electron chi connectivity index (χ2n) is 7.03. The predicted molar refractivity (Wildman–Crippen MR) is 102 cm³/mol. The minimum absolute atomic E-state index is 0.0690. The summed E-state index contributed by atoms with van der Waals surface area (Å²) in [6.45, 7) is 9.04. The van der Waals surface area contributed by atoms with Crippen LogP contribution in [0.15, 0.2) is 24.3 Å². The zero-order chi connectivity index (χ0) is 18.6. The van der Waals surface area contributed by atoms with E-state index in [1.807, 2.05) is 38.1 Å². The first-order valence-electron chi connectivity index (χ1n) is 8.47. The topological polar surface area (TPSA) is 72.0 Å². The molecule has 0 radical (unpaired) electrons. The fourth-order valence-electron chi connectivity index (χ4n) is 2.76. The van der Waals surface area contributed by atoms with E-state index in [2.05, 4.69) is 29.1 Å². The average molecular weight is 362 g/mol. The smallest absolute Gasteiger partial charge is 0.223 e. The van der Waals surface area contributed by atoms with Gasteiger partial charge in [0.1, 0.15) is 0 Å². The molecule has 1 heterocycles. The van der Waals surface area contributed by atoms with Crippen LogP contribution < -0.4 is 5.32 Å². The molecule has 1 aromatic carbocycles. The van der Waals surface area contributed by atoms with Gasteiger partial charge in [0.25, 0.3) is 0 Å². The minimum atomic E-state index is -3.00. The Hall–Kier alpha value is -1.95. The van der Waals surface area contributed by atoms with E-state index in [-0.39, 0.29) is 5.75 Å². The third-order valence-corrected chi connectivity index (χ3v) is 4.79. The van der Waals surface area contributed by atoms with Crippen molar-refractivity contribution in [3.05, 3.63) is 52.3 Å². The van der Waals surface area contributed by atoms with Gasteiger partial charge < -0.3 is 5.32 Å². The van der Waals surface area contributed by atoms with Crippen LogP contribution in [0.4, 0.5) is 5.95 Å². The summed E-state index contributed by atoms with van der Waals surface area (Å²) < 4.78 is 22.7. The molecule has 0 unspecified atom stereocenters. The maximum atomic E-state index is 11.3. The van der Waals surface area contributed by atoms with E-state index >= 15 is 0 Å². The highest BCUT2D eigenvalue weighted by atomic mass is 32.2. The molecule has 0 bridgehead atoms. The molecule has 2 rings (SSSR count). The lowest BCUT2D eigenvalue weighted by Gasteiger charge is -2.13. The number of benzene rings is 1. The second kappa shape index (κ2) is 7.95. The monoisotopic (exact) mass is 361 g/mol. The molecule has 5 nitrogen and oxygen atoms in total. The summed E-state index contributed by atoms with van der Waals surface area (Å²) in [7, 11) is -3.00. The van der Waals surface area contributed by atoms with Gasteiger partial charge in [0.05, 0.1) is 5.75 Å². The molecule has 0 amide bonds. The number of nitrogens with one attached hydrogen (secondary N) is 1. The number of hydrogen-bond donors (Lipinski definition) is 1. The molecule has 1 aromatic heterocycles. The zero-order valence-electron chi connectivity index (χ0n) is 15.6. The fraction of sp³-hybridized carbons (Fsp3) is 0.474. The summed E-state index contributed by atoms with van der Waals surface area (Å²) in [4.78, 5) is 9.13. The van der Waals surface area contributed by atoms with Crippen molar-refractivity contribution in [1.82, 2.24) is 9.97 Å². The molecule has 0 aliphatic rings. The molecular weight excluding hydrogens is 334 g/mol. The van der Waals surface area contributed by atoms with Gasteiger partial charge in [-0.1, -0.05) is 38.1 Å². The largest absolute Gasteiger partial charge is 0.350 e. The van der Waals surface area contributed by atoms with Crippen molar-refractivity contribution >= 4 is 15.8 Å². The van der Waals surface area contributed by atoms with Crippen LogP contribution in [0.2, 0.25) is 0 Å². The molecule has 0 aliphatic heterocycles. The molecule has 0 fully saturated rings. The normalized spacial score (nSPS) is 11.8. The maximum absolute atomic E-state index is 11.3. The summed E-state index contributed by atoms with van der Waals surface area (Å²) >= 11 is 0. The van der Waals surface area contributed by atoms with Crippen LogP contribution in [0.3, 0.4) is 0 Å². The third kappa shape index (κ3) is 6.12. The van der Waals surface area contributed by atoms with Crippen LogP contribution in [-0.2, 0) is 28.6 Å². The number of sulfone groups is 1. The van der Waals surface area contributed by atoms with Gasteiger partial charge in [-0.25, -0.2) is 18.4 Å². The molecule has 136 valence electrons. The maximum Gasteiger partial charge on any atom is 0.223 e. The first-order valence-corrected chi connectivity index (χ1v) is 10.5. The average Bonchev–Trinajstić information content (AvgIpc) is 2.48. The van der Waals surface area contributed by atoms with Crippen LogP contribution in [-0.4, -0.2) is 24.6 Å². The Morgan fingerprint density at radius 2 is 1.52 bits per heavy atom. The van der Waals surface area contributed by atoms with Gasteiger partial charge >= 0.3 is 0 Å². The number of nitrogens with zero attached hydrogens (tertiary/aromatic N) is 2. The van der Waals surface area contributed by atoms with Crippen molar-refractivity contribution in [2.45, 2.75) is 46.4 Å². The van der Waals surface area contributed by atoms with Gasteiger partial charge in [-0.3, -0.25) is 0 Å². The number of aromatic nitrogens is 2. The van der Waals surface area contributed by atoms with E-state index in [1.54, 1.807) is 0 Å². The number of anilines is 1. The van der Waals surface area contributed by atoms with E-state index in [1.165, 1.54) is 11.8 Å². The molecule has 6 heteroatoms. The van der Waals surface area contributed by atoms with Crippen molar-refractivity contribution in [1.29, 1.82) is 0 Å². The van der Waals surface area contributed by atoms with Crippen molar-refractivity contribution in [2.24, 2.45) is 5.92 Å². The summed E-state index contributed by atoms with van der Waals surface area (Å²) in [5.74, 6) is 1.27. The van der Waals surface area contributed by atoms with Crippen LogP contribution >= 0.6 is 0 Å². The van der Waals surface area contributed by atoms with Crippen LogP contribution in [0.1, 0.15) is 41.9 Å². The molecular formula is C19H27N3O2S. The van der Waals surface area contributed by atoms with Crippen molar-refractivity contribution in [2.75, 3.05) is 11.6 Å². The molecule has 0 spiro atoms. The Labute approximate surface area is 150 Å². The molecule has 0 atom stereocenters. The lowest BCUT2D eigenvalue weighted by molar-refractivity contribution is 0.601. The minimum Gasteiger partial charge on any atom is -0.350 e. The second-order valence-corrected chi connectivity index (χ2v) is 9.17. The highest BCUT2D eigenvalue weighted by molar-refractivity contribution is 7.89. The quantitative estimate of drug-likeness (QED) is 0.818. The Kier molecular flexibility index (Phi) is 6.16. The predicted octanol–water partition coefficient (Wildman–Crippen LogP) is 3.45. The number of rotatable bonds is 7. The number of hydrogen-bond acceptors (Lipinski definition) is 5. The van der Waals surface area contributed by atoms with E-state index < -0.39 is 9.84 Å². The molecule has 0 saturated heterocycles. The molecule has 25 heavy (non-hydrogen) atoms. The molecule has 0 saturated carbocycles. The third-order valence-electron chi connectivity index (χ3n) is 3.94. The Morgan fingerprint density at radius 3 is 2.00 bits per heavy atom. The highest BCUT2D eigenvalue weighted by Crippen LogP contribution is 2.17. The summed E-state index contributed by atoms with van der Waals surface area (Å²) in [5.41, 5.74) is 5.12. The van der Waals surface area contributed by atoms with E-state index in [0.717, 1.165) is 28.9 Å². The van der Waals surface area contributed by atoms with Crippen LogP contribution in [0.5, 0.6) is 0 Å². The number of aryl methyl sites for hydroxylation is 2. The SMILES string of the molecule is Cc1nc(NCc2ccc(CS(C)(=O)=O)cc2)nc(C)c1CC(C)C. The van der Waals surface area contributed by atoms with Crippen molar-refractivity contribution in [3.63, 3.8) is 0 Å². The Bertz CT molecular complexity index is 805. The van der Waals surface area contributed by atoms with E-state index in [4.69, 9.17) is 0 Å². The van der Waals surface area contributed by atoms with Crippen molar-refractivity contribution < 1.29 is 8.42 Å². The lowest BCUT2D eigenvalue weighted by Crippen LogP contribution is -2.10. The molecule has 2 aromatic rings.